The maximum Gasteiger partial charge on any atom is 0.123 e. The molecule has 0 N–H and O–H groups in total. The first-order chi connectivity index (χ1) is 10.3. The summed E-state index contributed by atoms with van der Waals surface area (Å²) in [5.74, 6) is 3.59. The molecule has 2 aromatic carbocycles. The highest BCUT2D eigenvalue weighted by molar-refractivity contribution is 7.99. The van der Waals surface area contributed by atoms with Gasteiger partial charge >= 0.3 is 0 Å². The lowest BCUT2D eigenvalue weighted by molar-refractivity contribution is 0.295. The van der Waals surface area contributed by atoms with Crippen molar-refractivity contribution in [3.8, 4) is 11.5 Å². The number of thioether (sulfide) groups is 1. The lowest BCUT2D eigenvalue weighted by Crippen LogP contribution is -2.10. The SMILES string of the molecule is COc1ccc(OCC2CSc3ccccc32)c(CCl)c1. The minimum atomic E-state index is 0.419. The van der Waals surface area contributed by atoms with Crippen molar-refractivity contribution >= 4 is 23.4 Å². The molecule has 1 aliphatic heterocycles. The smallest absolute Gasteiger partial charge is 0.123 e. The average molecular weight is 321 g/mol. The van der Waals surface area contributed by atoms with Gasteiger partial charge in [-0.2, -0.15) is 0 Å². The molecule has 0 aliphatic carbocycles. The summed E-state index contributed by atoms with van der Waals surface area (Å²) in [6.07, 6.45) is 0. The first-order valence-corrected chi connectivity index (χ1v) is 8.41. The summed E-state index contributed by atoms with van der Waals surface area (Å²) in [4.78, 5) is 1.37. The molecular weight excluding hydrogens is 304 g/mol. The number of alkyl halides is 1. The standard InChI is InChI=1S/C17H17ClO2S/c1-19-14-6-7-16(12(8-14)9-18)20-10-13-11-21-17-5-3-2-4-15(13)17/h2-8,13H,9-11H2,1H3. The molecule has 110 valence electrons. The number of fused-ring (bicyclic) bond motifs is 1. The summed E-state index contributed by atoms with van der Waals surface area (Å²) >= 11 is 7.90. The summed E-state index contributed by atoms with van der Waals surface area (Å²) in [6, 6.07) is 14.3. The van der Waals surface area contributed by atoms with Crippen molar-refractivity contribution in [3.63, 3.8) is 0 Å². The van der Waals surface area contributed by atoms with E-state index < -0.39 is 0 Å². The van der Waals surface area contributed by atoms with E-state index in [4.69, 9.17) is 21.1 Å². The van der Waals surface area contributed by atoms with Crippen molar-refractivity contribution in [2.24, 2.45) is 0 Å². The first-order valence-electron chi connectivity index (χ1n) is 6.89. The van der Waals surface area contributed by atoms with Gasteiger partial charge in [0.1, 0.15) is 11.5 Å². The van der Waals surface area contributed by atoms with Crippen molar-refractivity contribution in [1.29, 1.82) is 0 Å². The highest BCUT2D eigenvalue weighted by Crippen LogP contribution is 2.39. The first kappa shape index (κ1) is 14.6. The fraction of sp³-hybridized carbons (Fsp3) is 0.294. The fourth-order valence-corrected chi connectivity index (χ4v) is 3.93. The van der Waals surface area contributed by atoms with Crippen LogP contribution < -0.4 is 9.47 Å². The van der Waals surface area contributed by atoms with Crippen LogP contribution in [0.15, 0.2) is 47.4 Å². The van der Waals surface area contributed by atoms with Crippen molar-refractivity contribution in [2.45, 2.75) is 16.7 Å². The molecule has 0 aromatic heterocycles. The summed E-state index contributed by atoms with van der Waals surface area (Å²) in [6.45, 7) is 0.681. The molecule has 0 saturated carbocycles. The monoisotopic (exact) mass is 320 g/mol. The van der Waals surface area contributed by atoms with Crippen LogP contribution in [-0.2, 0) is 5.88 Å². The molecule has 0 amide bonds. The zero-order valence-electron chi connectivity index (χ0n) is 11.8. The topological polar surface area (TPSA) is 18.5 Å². The van der Waals surface area contributed by atoms with E-state index in [2.05, 4.69) is 24.3 Å². The second kappa shape index (κ2) is 6.63. The van der Waals surface area contributed by atoms with Gasteiger partial charge in [0.2, 0.25) is 0 Å². The van der Waals surface area contributed by atoms with E-state index in [0.717, 1.165) is 22.8 Å². The number of halogens is 1. The molecule has 0 spiro atoms. The molecule has 1 atom stereocenters. The Bertz CT molecular complexity index is 630. The second-order valence-corrected chi connectivity index (χ2v) is 6.29. The molecule has 1 aliphatic rings. The van der Waals surface area contributed by atoms with Crippen LogP contribution in [0.5, 0.6) is 11.5 Å². The van der Waals surface area contributed by atoms with E-state index in [9.17, 15) is 0 Å². The molecule has 21 heavy (non-hydrogen) atoms. The quantitative estimate of drug-likeness (QED) is 0.744. The highest BCUT2D eigenvalue weighted by atomic mass is 35.5. The van der Waals surface area contributed by atoms with Crippen LogP contribution >= 0.6 is 23.4 Å². The minimum Gasteiger partial charge on any atom is -0.497 e. The normalized spacial score (nSPS) is 16.6. The Balaban J connectivity index is 1.71. The molecule has 0 bridgehead atoms. The van der Waals surface area contributed by atoms with E-state index in [0.29, 0.717) is 18.4 Å². The molecule has 4 heteroatoms. The van der Waals surface area contributed by atoms with Crippen LogP contribution in [0, 0.1) is 0 Å². The zero-order chi connectivity index (χ0) is 14.7. The average Bonchev–Trinajstić information content (AvgIpc) is 2.96. The molecule has 1 heterocycles. The van der Waals surface area contributed by atoms with Crippen LogP contribution in [0.1, 0.15) is 17.0 Å². The lowest BCUT2D eigenvalue weighted by Gasteiger charge is -2.15. The van der Waals surface area contributed by atoms with Crippen LogP contribution in [0.25, 0.3) is 0 Å². The molecule has 3 rings (SSSR count). The third kappa shape index (κ3) is 3.14. The lowest BCUT2D eigenvalue weighted by atomic mass is 10.0. The zero-order valence-corrected chi connectivity index (χ0v) is 13.4. The largest absolute Gasteiger partial charge is 0.497 e. The number of hydrogen-bond donors (Lipinski definition) is 0. The predicted molar refractivity (Wildman–Crippen MR) is 88.0 cm³/mol. The van der Waals surface area contributed by atoms with Crippen LogP contribution in [0.4, 0.5) is 0 Å². The van der Waals surface area contributed by atoms with Crippen molar-refractivity contribution < 1.29 is 9.47 Å². The third-order valence-electron chi connectivity index (χ3n) is 3.65. The van der Waals surface area contributed by atoms with Gasteiger partial charge in [-0.05, 0) is 29.8 Å². The van der Waals surface area contributed by atoms with Gasteiger partial charge in [0.25, 0.3) is 0 Å². The Labute approximate surface area is 134 Å². The molecule has 0 fully saturated rings. The molecule has 1 unspecified atom stereocenters. The van der Waals surface area contributed by atoms with Crippen molar-refractivity contribution in [1.82, 2.24) is 0 Å². The van der Waals surface area contributed by atoms with Crippen molar-refractivity contribution in [3.05, 3.63) is 53.6 Å². The summed E-state index contributed by atoms with van der Waals surface area (Å²) < 4.78 is 11.2. The fourth-order valence-electron chi connectivity index (χ4n) is 2.49. The highest BCUT2D eigenvalue weighted by Gasteiger charge is 2.23. The predicted octanol–water partition coefficient (Wildman–Crippen LogP) is 4.70. The maximum absolute atomic E-state index is 6.01. The maximum atomic E-state index is 6.01. The Kier molecular flexibility index (Phi) is 4.61. The molecular formula is C17H17ClO2S. The number of benzene rings is 2. The van der Waals surface area contributed by atoms with Gasteiger partial charge in [0.05, 0.1) is 19.6 Å². The Hall–Kier alpha value is -1.32. The van der Waals surface area contributed by atoms with Gasteiger partial charge in [-0.25, -0.2) is 0 Å². The number of methoxy groups -OCH3 is 1. The van der Waals surface area contributed by atoms with Gasteiger partial charge in [-0.15, -0.1) is 23.4 Å². The Morgan fingerprint density at radius 1 is 1.24 bits per heavy atom. The number of ether oxygens (including phenoxy) is 2. The summed E-state index contributed by atoms with van der Waals surface area (Å²) in [5.41, 5.74) is 2.36. The van der Waals surface area contributed by atoms with Gasteiger partial charge in [-0.1, -0.05) is 18.2 Å². The second-order valence-electron chi connectivity index (χ2n) is 4.96. The van der Waals surface area contributed by atoms with Crippen LogP contribution in [0.2, 0.25) is 0 Å². The van der Waals surface area contributed by atoms with E-state index in [1.54, 1.807) is 7.11 Å². The van der Waals surface area contributed by atoms with Crippen LogP contribution in [0.3, 0.4) is 0 Å². The molecule has 0 saturated heterocycles. The van der Waals surface area contributed by atoms with Gasteiger partial charge < -0.3 is 9.47 Å². The van der Waals surface area contributed by atoms with E-state index in [1.165, 1.54) is 10.5 Å². The third-order valence-corrected chi connectivity index (χ3v) is 5.19. The molecule has 2 aromatic rings. The van der Waals surface area contributed by atoms with Gasteiger partial charge in [0, 0.05) is 22.1 Å². The summed E-state index contributed by atoms with van der Waals surface area (Å²) in [7, 11) is 1.65. The molecule has 2 nitrogen and oxygen atoms in total. The number of rotatable bonds is 5. The Morgan fingerprint density at radius 3 is 2.90 bits per heavy atom. The van der Waals surface area contributed by atoms with Crippen molar-refractivity contribution in [2.75, 3.05) is 19.5 Å². The minimum absolute atomic E-state index is 0.419. The van der Waals surface area contributed by atoms with Gasteiger partial charge in [0.15, 0.2) is 0 Å². The number of hydrogen-bond acceptors (Lipinski definition) is 3. The Morgan fingerprint density at radius 2 is 2.10 bits per heavy atom. The summed E-state index contributed by atoms with van der Waals surface area (Å²) in [5, 5.41) is 0. The van der Waals surface area contributed by atoms with E-state index in [-0.39, 0.29) is 0 Å². The molecule has 0 radical (unpaired) electrons. The van der Waals surface area contributed by atoms with E-state index in [1.807, 2.05) is 30.0 Å². The van der Waals surface area contributed by atoms with E-state index >= 15 is 0 Å². The van der Waals surface area contributed by atoms with Crippen LogP contribution in [-0.4, -0.2) is 19.5 Å². The van der Waals surface area contributed by atoms with Gasteiger partial charge in [-0.3, -0.25) is 0 Å².